The molecule has 0 aliphatic rings. The maximum Gasteiger partial charge on any atom is 0.476 e. The SMILES string of the molecule is CC(Br)(Br)OP(=O)(O)OC(C)(Br)Br. The quantitative estimate of drug-likeness (QED) is 0.499. The molecule has 0 radical (unpaired) electrons. The summed E-state index contributed by atoms with van der Waals surface area (Å²) in [4.78, 5) is 9.18. The summed E-state index contributed by atoms with van der Waals surface area (Å²) in [6.07, 6.45) is 0. The van der Waals surface area contributed by atoms with Crippen LogP contribution in [0, 0.1) is 0 Å². The van der Waals surface area contributed by atoms with Crippen molar-refractivity contribution in [2.24, 2.45) is 0 Å². The van der Waals surface area contributed by atoms with Crippen molar-refractivity contribution in [2.75, 3.05) is 0 Å². The molecule has 0 heterocycles. The van der Waals surface area contributed by atoms with Gasteiger partial charge in [0.05, 0.1) is 0 Å². The van der Waals surface area contributed by atoms with E-state index >= 15 is 0 Å². The number of hydrogen-bond acceptors (Lipinski definition) is 3. The molecule has 0 saturated carbocycles. The van der Waals surface area contributed by atoms with Gasteiger partial charge in [0.25, 0.3) is 0 Å². The van der Waals surface area contributed by atoms with E-state index in [2.05, 4.69) is 72.8 Å². The number of alkyl halides is 4. The summed E-state index contributed by atoms with van der Waals surface area (Å²) in [7, 11) is -4.12. The monoisotopic (exact) mass is 466 g/mol. The average Bonchev–Trinajstić information content (AvgIpc) is 1.43. The second-order valence-corrected chi connectivity index (χ2v) is 11.8. The summed E-state index contributed by atoms with van der Waals surface area (Å²) in [6, 6.07) is 0. The molecule has 0 saturated heterocycles. The molecule has 0 aliphatic heterocycles. The molecule has 0 bridgehead atoms. The Morgan fingerprint density at radius 3 is 1.46 bits per heavy atom. The Kier molecular flexibility index (Phi) is 5.67. The molecule has 0 atom stereocenters. The van der Waals surface area contributed by atoms with Gasteiger partial charge in [-0.15, -0.1) is 0 Å². The lowest BCUT2D eigenvalue weighted by Gasteiger charge is -2.23. The van der Waals surface area contributed by atoms with E-state index in [0.717, 1.165) is 0 Å². The largest absolute Gasteiger partial charge is 0.476 e. The van der Waals surface area contributed by atoms with Crippen LogP contribution in [0.1, 0.15) is 13.8 Å². The number of hydrogen-bond donors (Lipinski definition) is 1. The zero-order valence-electron chi connectivity index (χ0n) is 6.63. The van der Waals surface area contributed by atoms with Crippen LogP contribution in [0.25, 0.3) is 0 Å². The minimum atomic E-state index is -4.12. The molecule has 1 N–H and O–H groups in total. The number of phosphoric acid groups is 1. The Labute approximate surface area is 110 Å². The fraction of sp³-hybridized carbons (Fsp3) is 1.00. The third-order valence-corrected chi connectivity index (χ3v) is 3.39. The van der Waals surface area contributed by atoms with Crippen molar-refractivity contribution < 1.29 is 18.5 Å². The predicted molar refractivity (Wildman–Crippen MR) is 64.5 cm³/mol. The Morgan fingerprint density at radius 2 is 1.31 bits per heavy atom. The van der Waals surface area contributed by atoms with E-state index in [-0.39, 0.29) is 0 Å². The molecule has 0 fully saturated rings. The van der Waals surface area contributed by atoms with Crippen molar-refractivity contribution in [3.8, 4) is 0 Å². The lowest BCUT2D eigenvalue weighted by Crippen LogP contribution is -2.15. The maximum atomic E-state index is 11.2. The molecule has 0 rings (SSSR count). The van der Waals surface area contributed by atoms with Crippen LogP contribution >= 0.6 is 71.5 Å². The lowest BCUT2D eigenvalue weighted by atomic mass is 10.9. The van der Waals surface area contributed by atoms with Gasteiger partial charge in [0.15, 0.2) is 6.84 Å². The molecule has 80 valence electrons. The van der Waals surface area contributed by atoms with Crippen molar-refractivity contribution in [2.45, 2.75) is 20.7 Å². The third-order valence-electron chi connectivity index (χ3n) is 0.551. The van der Waals surface area contributed by atoms with E-state index in [0.29, 0.717) is 0 Å². The van der Waals surface area contributed by atoms with Gasteiger partial charge in [0.2, 0.25) is 0 Å². The van der Waals surface area contributed by atoms with E-state index in [4.69, 9.17) is 0 Å². The highest BCUT2D eigenvalue weighted by Gasteiger charge is 2.36. The number of rotatable bonds is 4. The first-order valence-electron chi connectivity index (χ1n) is 2.91. The van der Waals surface area contributed by atoms with Gasteiger partial charge in [0.1, 0.15) is 0 Å². The third kappa shape index (κ3) is 10.3. The number of halogens is 4. The van der Waals surface area contributed by atoms with E-state index in [1.807, 2.05) is 0 Å². The zero-order valence-corrected chi connectivity index (χ0v) is 13.9. The summed E-state index contributed by atoms with van der Waals surface area (Å²) in [5, 5.41) is 0. The average molecular weight is 470 g/mol. The van der Waals surface area contributed by atoms with E-state index < -0.39 is 14.7 Å². The first-order valence-corrected chi connectivity index (χ1v) is 7.58. The molecule has 0 amide bonds. The molecule has 13 heavy (non-hydrogen) atoms. The van der Waals surface area contributed by atoms with E-state index in [9.17, 15) is 9.46 Å². The molecule has 4 nitrogen and oxygen atoms in total. The first kappa shape index (κ1) is 15.0. The Morgan fingerprint density at radius 1 is 1.08 bits per heavy atom. The first-order chi connectivity index (χ1) is 5.41. The molecule has 0 aliphatic carbocycles. The van der Waals surface area contributed by atoms with Crippen LogP contribution in [-0.2, 0) is 13.6 Å². The van der Waals surface area contributed by atoms with Gasteiger partial charge in [-0.25, -0.2) is 4.57 Å². The van der Waals surface area contributed by atoms with Gasteiger partial charge in [-0.3, -0.25) is 9.05 Å². The molecule has 9 heteroatoms. The highest BCUT2D eigenvalue weighted by Crippen LogP contribution is 2.55. The molecule has 0 aromatic rings. The smallest absolute Gasteiger partial charge is 0.302 e. The lowest BCUT2D eigenvalue weighted by molar-refractivity contribution is 0.128. The predicted octanol–water partition coefficient (Wildman–Crippen LogP) is 4.05. The van der Waals surface area contributed by atoms with E-state index in [1.54, 1.807) is 0 Å². The van der Waals surface area contributed by atoms with Crippen molar-refractivity contribution in [3.05, 3.63) is 0 Å². The van der Waals surface area contributed by atoms with Gasteiger partial charge in [0, 0.05) is 0 Å². The Hall–Kier alpha value is 2.03. The molecular formula is C4H7Br4O4P. The zero-order chi connectivity index (χ0) is 10.9. The molecule has 0 aromatic heterocycles. The summed E-state index contributed by atoms with van der Waals surface area (Å²) in [5.74, 6) is 0. The molecule has 0 unspecified atom stereocenters. The normalized spacial score (nSPS) is 14.7. The summed E-state index contributed by atoms with van der Waals surface area (Å²) in [5.41, 5.74) is 0. The van der Waals surface area contributed by atoms with Crippen molar-refractivity contribution in [3.63, 3.8) is 0 Å². The second-order valence-electron chi connectivity index (χ2n) is 2.27. The van der Waals surface area contributed by atoms with Crippen LogP contribution in [-0.4, -0.2) is 11.7 Å². The second kappa shape index (κ2) is 4.91. The van der Waals surface area contributed by atoms with Crippen molar-refractivity contribution in [1.82, 2.24) is 0 Å². The standard InChI is InChI=1S/C4H7Br4O4P/c1-3(5,6)11-13(9,10)12-4(2,7)8/h1-2H3,(H,9,10). The summed E-state index contributed by atoms with van der Waals surface area (Å²) in [6.45, 7) is 3.00. The Bertz CT molecular complexity index is 199. The topological polar surface area (TPSA) is 55.8 Å². The van der Waals surface area contributed by atoms with Crippen molar-refractivity contribution >= 4 is 71.5 Å². The summed E-state index contributed by atoms with van der Waals surface area (Å²) < 4.78 is 18.4. The van der Waals surface area contributed by atoms with Crippen LogP contribution in [0.15, 0.2) is 0 Å². The van der Waals surface area contributed by atoms with Crippen LogP contribution < -0.4 is 0 Å². The van der Waals surface area contributed by atoms with Crippen LogP contribution in [0.2, 0.25) is 0 Å². The number of phosphoric ester groups is 1. The van der Waals surface area contributed by atoms with Gasteiger partial charge >= 0.3 is 7.82 Å². The van der Waals surface area contributed by atoms with Crippen LogP contribution in [0.4, 0.5) is 0 Å². The Balaban J connectivity index is 4.35. The highest BCUT2D eigenvalue weighted by molar-refractivity contribution is 9.25. The van der Waals surface area contributed by atoms with E-state index in [1.165, 1.54) is 13.8 Å². The van der Waals surface area contributed by atoms with Gasteiger partial charge in [-0.05, 0) is 77.6 Å². The van der Waals surface area contributed by atoms with Gasteiger partial charge < -0.3 is 4.89 Å². The van der Waals surface area contributed by atoms with Crippen molar-refractivity contribution in [1.29, 1.82) is 0 Å². The van der Waals surface area contributed by atoms with Gasteiger partial charge in [-0.2, -0.15) is 0 Å². The highest BCUT2D eigenvalue weighted by atomic mass is 79.9. The molecular weight excluding hydrogens is 463 g/mol. The minimum Gasteiger partial charge on any atom is -0.302 e. The van der Waals surface area contributed by atoms with Crippen LogP contribution in [0.5, 0.6) is 0 Å². The maximum absolute atomic E-state index is 11.2. The fourth-order valence-corrected chi connectivity index (χ4v) is 3.47. The summed E-state index contributed by atoms with van der Waals surface area (Å²) >= 11 is 11.9. The minimum absolute atomic E-state index is 1.10. The molecule has 0 spiro atoms. The van der Waals surface area contributed by atoms with Gasteiger partial charge in [-0.1, -0.05) is 0 Å². The molecule has 0 aromatic carbocycles. The fourth-order valence-electron chi connectivity index (χ4n) is 0.424. The van der Waals surface area contributed by atoms with Crippen LogP contribution in [0.3, 0.4) is 0 Å².